The molecule has 0 aliphatic carbocycles. The molecule has 1 aromatic rings. The summed E-state index contributed by atoms with van der Waals surface area (Å²) in [6, 6.07) is 8.63. The number of nitrogens with two attached hydrogens (primary N) is 1. The zero-order valence-electron chi connectivity index (χ0n) is 9.01. The van der Waals surface area contributed by atoms with Crippen LogP contribution in [0.1, 0.15) is 31.4 Å². The van der Waals surface area contributed by atoms with Crippen molar-refractivity contribution < 1.29 is 0 Å². The minimum Gasteiger partial charge on any atom is -0.330 e. The van der Waals surface area contributed by atoms with Crippen LogP contribution in [0.25, 0.3) is 0 Å². The van der Waals surface area contributed by atoms with E-state index in [1.165, 1.54) is 11.1 Å². The van der Waals surface area contributed by atoms with Gasteiger partial charge in [-0.3, -0.25) is 0 Å². The lowest BCUT2D eigenvalue weighted by Crippen LogP contribution is -2.00. The Morgan fingerprint density at radius 2 is 1.62 bits per heavy atom. The monoisotopic (exact) mass is 179 g/mol. The molecule has 0 saturated carbocycles. The third kappa shape index (κ3) is 5.42. The van der Waals surface area contributed by atoms with Gasteiger partial charge >= 0.3 is 0 Å². The first-order chi connectivity index (χ1) is 6.33. The second kappa shape index (κ2) is 7.81. The van der Waals surface area contributed by atoms with Crippen LogP contribution in [0.5, 0.6) is 0 Å². The van der Waals surface area contributed by atoms with Crippen LogP contribution in [0.15, 0.2) is 24.3 Å². The van der Waals surface area contributed by atoms with Crippen molar-refractivity contribution >= 4 is 0 Å². The van der Waals surface area contributed by atoms with Gasteiger partial charge in [-0.2, -0.15) is 0 Å². The van der Waals surface area contributed by atoms with E-state index in [0.717, 1.165) is 19.4 Å². The van der Waals surface area contributed by atoms with Crippen molar-refractivity contribution in [1.82, 2.24) is 0 Å². The molecule has 0 aliphatic heterocycles. The molecule has 0 saturated heterocycles. The van der Waals surface area contributed by atoms with Crippen molar-refractivity contribution in [2.24, 2.45) is 5.73 Å². The lowest BCUT2D eigenvalue weighted by molar-refractivity contribution is 0.832. The van der Waals surface area contributed by atoms with Crippen LogP contribution < -0.4 is 5.73 Å². The van der Waals surface area contributed by atoms with E-state index in [2.05, 4.69) is 31.2 Å². The summed E-state index contributed by atoms with van der Waals surface area (Å²) in [6.07, 6.45) is 2.19. The molecule has 1 nitrogen and oxygen atoms in total. The first-order valence-corrected chi connectivity index (χ1v) is 5.08. The molecule has 0 radical (unpaired) electrons. The second-order valence-corrected chi connectivity index (χ2v) is 2.88. The quantitative estimate of drug-likeness (QED) is 0.758. The highest BCUT2D eigenvalue weighted by Gasteiger charge is 1.90. The van der Waals surface area contributed by atoms with Crippen molar-refractivity contribution in [2.45, 2.75) is 33.6 Å². The topological polar surface area (TPSA) is 26.0 Å². The van der Waals surface area contributed by atoms with E-state index in [-0.39, 0.29) is 0 Å². The lowest BCUT2D eigenvalue weighted by atomic mass is 10.1. The summed E-state index contributed by atoms with van der Waals surface area (Å²) < 4.78 is 0. The highest BCUT2D eigenvalue weighted by Crippen LogP contribution is 2.04. The van der Waals surface area contributed by atoms with Gasteiger partial charge in [-0.25, -0.2) is 0 Å². The van der Waals surface area contributed by atoms with Gasteiger partial charge in [0.2, 0.25) is 0 Å². The summed E-state index contributed by atoms with van der Waals surface area (Å²) in [5.41, 5.74) is 8.12. The number of benzene rings is 1. The molecular weight excluding hydrogens is 158 g/mol. The summed E-state index contributed by atoms with van der Waals surface area (Å²) in [4.78, 5) is 0. The molecule has 1 aromatic carbocycles. The van der Waals surface area contributed by atoms with E-state index < -0.39 is 0 Å². The predicted molar refractivity (Wildman–Crippen MR) is 59.9 cm³/mol. The molecule has 0 amide bonds. The molecule has 1 rings (SSSR count). The predicted octanol–water partition coefficient (Wildman–Crippen LogP) is 2.91. The lowest BCUT2D eigenvalue weighted by Gasteiger charge is -1.99. The van der Waals surface area contributed by atoms with Crippen molar-refractivity contribution in [3.05, 3.63) is 35.4 Å². The number of aryl methyl sites for hydroxylation is 2. The first-order valence-electron chi connectivity index (χ1n) is 5.08. The molecule has 2 N–H and O–H groups in total. The molecule has 74 valence electrons. The van der Waals surface area contributed by atoms with Crippen molar-refractivity contribution in [1.29, 1.82) is 0 Å². The van der Waals surface area contributed by atoms with Crippen molar-refractivity contribution in [3.63, 3.8) is 0 Å². The van der Waals surface area contributed by atoms with E-state index in [1.54, 1.807) is 0 Å². The summed E-state index contributed by atoms with van der Waals surface area (Å²) in [7, 11) is 0. The smallest absolute Gasteiger partial charge is 0.00741 e. The third-order valence-corrected chi connectivity index (χ3v) is 1.79. The van der Waals surface area contributed by atoms with Crippen molar-refractivity contribution in [2.75, 3.05) is 6.54 Å². The first kappa shape index (κ1) is 12.2. The van der Waals surface area contributed by atoms with Gasteiger partial charge in [0.1, 0.15) is 0 Å². The maximum Gasteiger partial charge on any atom is -0.00741 e. The Kier molecular flexibility index (Phi) is 7.32. The molecule has 0 spiro atoms. The van der Waals surface area contributed by atoms with E-state index >= 15 is 0 Å². The molecule has 13 heavy (non-hydrogen) atoms. The Balaban J connectivity index is 0.000000671. The van der Waals surface area contributed by atoms with Gasteiger partial charge in [0, 0.05) is 0 Å². The van der Waals surface area contributed by atoms with Crippen LogP contribution in [0.3, 0.4) is 0 Å². The average molecular weight is 179 g/mol. The Labute approximate surface area is 82.0 Å². The zero-order valence-corrected chi connectivity index (χ0v) is 9.01. The van der Waals surface area contributed by atoms with Gasteiger partial charge in [0.15, 0.2) is 0 Å². The number of rotatable bonds is 3. The Morgan fingerprint density at radius 1 is 1.08 bits per heavy atom. The van der Waals surface area contributed by atoms with Crippen LogP contribution in [0.2, 0.25) is 0 Å². The van der Waals surface area contributed by atoms with Crippen LogP contribution in [-0.2, 0) is 6.42 Å². The fourth-order valence-corrected chi connectivity index (χ4v) is 1.06. The Morgan fingerprint density at radius 3 is 2.08 bits per heavy atom. The SMILES string of the molecule is CC.Cc1ccc(CCCN)cc1. The number of hydrogen-bond acceptors (Lipinski definition) is 1. The highest BCUT2D eigenvalue weighted by molar-refractivity contribution is 5.21. The zero-order chi connectivity index (χ0) is 10.1. The molecular formula is C12H21N. The van der Waals surface area contributed by atoms with Crippen LogP contribution >= 0.6 is 0 Å². The second-order valence-electron chi connectivity index (χ2n) is 2.88. The van der Waals surface area contributed by atoms with Gasteiger partial charge in [0.05, 0.1) is 0 Å². The van der Waals surface area contributed by atoms with Gasteiger partial charge < -0.3 is 5.73 Å². The summed E-state index contributed by atoms with van der Waals surface area (Å²) in [6.45, 7) is 6.89. The number of hydrogen-bond donors (Lipinski definition) is 1. The molecule has 1 heteroatoms. The van der Waals surface area contributed by atoms with Crippen LogP contribution in [0, 0.1) is 6.92 Å². The fraction of sp³-hybridized carbons (Fsp3) is 0.500. The maximum absolute atomic E-state index is 5.41. The van der Waals surface area contributed by atoms with Crippen molar-refractivity contribution in [3.8, 4) is 0 Å². The molecule has 0 fully saturated rings. The molecule has 0 aliphatic rings. The minimum absolute atomic E-state index is 0.786. The van der Waals surface area contributed by atoms with Gasteiger partial charge in [-0.05, 0) is 31.9 Å². The summed E-state index contributed by atoms with van der Waals surface area (Å²) >= 11 is 0. The van der Waals surface area contributed by atoms with Crippen LogP contribution in [-0.4, -0.2) is 6.54 Å². The average Bonchev–Trinajstić information content (AvgIpc) is 2.20. The Hall–Kier alpha value is -0.820. The molecule has 0 bridgehead atoms. The molecule has 0 aromatic heterocycles. The normalized spacial score (nSPS) is 8.92. The summed E-state index contributed by atoms with van der Waals surface area (Å²) in [5.74, 6) is 0. The largest absolute Gasteiger partial charge is 0.330 e. The van der Waals surface area contributed by atoms with Crippen LogP contribution in [0.4, 0.5) is 0 Å². The third-order valence-electron chi connectivity index (χ3n) is 1.79. The van der Waals surface area contributed by atoms with E-state index in [9.17, 15) is 0 Å². The molecule has 0 atom stereocenters. The summed E-state index contributed by atoms with van der Waals surface area (Å²) in [5, 5.41) is 0. The standard InChI is InChI=1S/C10H15N.C2H6/c1-9-4-6-10(7-5-9)3-2-8-11;1-2/h4-7H,2-3,8,11H2,1H3;1-2H3. The fourth-order valence-electron chi connectivity index (χ4n) is 1.06. The maximum atomic E-state index is 5.41. The van der Waals surface area contributed by atoms with E-state index in [0.29, 0.717) is 0 Å². The van der Waals surface area contributed by atoms with E-state index in [1.807, 2.05) is 13.8 Å². The molecule has 0 heterocycles. The van der Waals surface area contributed by atoms with Gasteiger partial charge in [0.25, 0.3) is 0 Å². The van der Waals surface area contributed by atoms with Gasteiger partial charge in [-0.1, -0.05) is 43.7 Å². The highest BCUT2D eigenvalue weighted by atomic mass is 14.5. The Bertz CT molecular complexity index is 201. The molecule has 0 unspecified atom stereocenters. The van der Waals surface area contributed by atoms with Gasteiger partial charge in [-0.15, -0.1) is 0 Å². The van der Waals surface area contributed by atoms with E-state index in [4.69, 9.17) is 5.73 Å². The minimum atomic E-state index is 0.786.